The lowest BCUT2D eigenvalue weighted by atomic mass is 9.96. The summed E-state index contributed by atoms with van der Waals surface area (Å²) in [5, 5.41) is 2.29. The predicted octanol–water partition coefficient (Wildman–Crippen LogP) is -5.97. The summed E-state index contributed by atoms with van der Waals surface area (Å²) >= 11 is 0. The summed E-state index contributed by atoms with van der Waals surface area (Å²) in [6.07, 6.45) is 2.19. The fraction of sp³-hybridized carbons (Fsp3) is 0.333. The Morgan fingerprint density at radius 2 is 1.14 bits per heavy atom. The number of hydrogen-bond donors (Lipinski definition) is 3. The van der Waals surface area contributed by atoms with E-state index in [0.29, 0.717) is 18.0 Å². The molecule has 0 fully saturated rings. The maximum absolute atomic E-state index is 13.4. The average molecular weight is 547 g/mol. The van der Waals surface area contributed by atoms with Crippen molar-refractivity contribution in [3.8, 4) is 22.3 Å². The van der Waals surface area contributed by atoms with Crippen molar-refractivity contribution in [2.24, 2.45) is 5.92 Å². The summed E-state index contributed by atoms with van der Waals surface area (Å²) in [6, 6.07) is 20.3. The first-order valence-corrected chi connectivity index (χ1v) is 11.5. The van der Waals surface area contributed by atoms with E-state index in [9.17, 15) is 8.78 Å². The molecule has 3 nitrogen and oxygen atoms in total. The molecule has 3 aromatic rings. The molecule has 0 aliphatic heterocycles. The summed E-state index contributed by atoms with van der Waals surface area (Å²) in [5.41, 5.74) is 13.7. The molecular formula is C27H36Cl3F2N3. The van der Waals surface area contributed by atoms with E-state index in [1.807, 2.05) is 0 Å². The van der Waals surface area contributed by atoms with Gasteiger partial charge in [-0.1, -0.05) is 38.1 Å². The van der Waals surface area contributed by atoms with Gasteiger partial charge >= 0.3 is 0 Å². The van der Waals surface area contributed by atoms with Gasteiger partial charge in [-0.15, -0.1) is 0 Å². The van der Waals surface area contributed by atoms with Crippen molar-refractivity contribution in [3.63, 3.8) is 0 Å². The van der Waals surface area contributed by atoms with Gasteiger partial charge in [0.2, 0.25) is 0 Å². The van der Waals surface area contributed by atoms with Crippen molar-refractivity contribution >= 4 is 0 Å². The fourth-order valence-electron chi connectivity index (χ4n) is 3.81. The maximum atomic E-state index is 13.4. The highest BCUT2D eigenvalue weighted by atomic mass is 35.5. The molecule has 0 bridgehead atoms. The molecule has 8 heteroatoms. The highest BCUT2D eigenvalue weighted by molar-refractivity contribution is 5.74. The van der Waals surface area contributed by atoms with Crippen LogP contribution in [0.5, 0.6) is 0 Å². The van der Waals surface area contributed by atoms with Crippen LogP contribution in [0.3, 0.4) is 0 Å². The molecule has 0 radical (unpaired) electrons. The van der Waals surface area contributed by atoms with E-state index in [1.54, 1.807) is 24.3 Å². The molecule has 0 aliphatic rings. The zero-order chi connectivity index (χ0) is 23.1. The van der Waals surface area contributed by atoms with E-state index < -0.39 is 0 Å². The van der Waals surface area contributed by atoms with Crippen LogP contribution in [0.15, 0.2) is 66.7 Å². The number of halogens is 5. The van der Waals surface area contributed by atoms with E-state index in [-0.39, 0.29) is 48.9 Å². The van der Waals surface area contributed by atoms with Gasteiger partial charge in [0.1, 0.15) is 30.8 Å². The van der Waals surface area contributed by atoms with E-state index >= 15 is 0 Å². The molecule has 0 amide bonds. The van der Waals surface area contributed by atoms with Gasteiger partial charge in [-0.2, -0.15) is 0 Å². The van der Waals surface area contributed by atoms with Crippen LogP contribution in [0.2, 0.25) is 0 Å². The molecule has 2 atom stereocenters. The van der Waals surface area contributed by atoms with Crippen LogP contribution in [0, 0.1) is 17.6 Å². The topological polar surface area (TPSA) is 71.9 Å². The summed E-state index contributed by atoms with van der Waals surface area (Å²) in [4.78, 5) is 0. The molecule has 194 valence electrons. The van der Waals surface area contributed by atoms with E-state index in [2.05, 4.69) is 48.8 Å². The van der Waals surface area contributed by atoms with Gasteiger partial charge in [0.15, 0.2) is 0 Å². The highest BCUT2D eigenvalue weighted by Gasteiger charge is 2.16. The fourth-order valence-corrected chi connectivity index (χ4v) is 3.81. The Morgan fingerprint density at radius 1 is 0.686 bits per heavy atom. The second-order valence-corrected chi connectivity index (χ2v) is 9.11. The van der Waals surface area contributed by atoms with Gasteiger partial charge < -0.3 is 54.0 Å². The molecule has 8 N–H and O–H groups in total. The molecule has 35 heavy (non-hydrogen) atoms. The van der Waals surface area contributed by atoms with E-state index in [4.69, 9.17) is 0 Å². The second kappa shape index (κ2) is 16.1. The average Bonchev–Trinajstić information content (AvgIpc) is 2.78. The van der Waals surface area contributed by atoms with E-state index in [0.717, 1.165) is 48.2 Å². The smallest absolute Gasteiger partial charge is 0.134 e. The predicted molar refractivity (Wildman–Crippen MR) is 125 cm³/mol. The number of benzene rings is 3. The first-order chi connectivity index (χ1) is 15.3. The van der Waals surface area contributed by atoms with Crippen molar-refractivity contribution < 1.29 is 62.8 Å². The quantitative estimate of drug-likeness (QED) is 0.227. The Kier molecular flexibility index (Phi) is 15.3. The lowest BCUT2D eigenvalue weighted by molar-refractivity contribution is -0.695. The largest absolute Gasteiger partial charge is 1.00 e. The molecule has 0 aliphatic carbocycles. The molecule has 0 spiro atoms. The molecule has 3 rings (SSSR count). The number of hydrogen-bond acceptors (Lipinski definition) is 0. The molecule has 3 aromatic carbocycles. The standard InChI is InChI=1S/C27H33F2N3.3ClH/c1-18(2)27(31)12-11-26(30)17-32-16-19-13-22(20-3-7-24(28)8-4-20)15-23(14-19)21-5-9-25(29)10-6-21;;;/h3-10,13-15,18,26-27,32H,11-12,16-17,30-31H2,1-2H3;3*1H. The number of nitrogens with two attached hydrogens (primary N) is 1. The summed E-state index contributed by atoms with van der Waals surface area (Å²) < 4.78 is 26.8. The van der Waals surface area contributed by atoms with Gasteiger partial charge in [0.25, 0.3) is 0 Å². The molecular weight excluding hydrogens is 511 g/mol. The van der Waals surface area contributed by atoms with Crippen molar-refractivity contribution in [1.82, 2.24) is 0 Å². The van der Waals surface area contributed by atoms with Gasteiger partial charge in [-0.05, 0) is 64.7 Å². The van der Waals surface area contributed by atoms with Crippen LogP contribution in [0.1, 0.15) is 32.3 Å². The zero-order valence-electron chi connectivity index (χ0n) is 20.3. The van der Waals surface area contributed by atoms with Crippen LogP contribution in [0.4, 0.5) is 8.78 Å². The van der Waals surface area contributed by atoms with Crippen LogP contribution in [-0.4, -0.2) is 18.6 Å². The minimum Gasteiger partial charge on any atom is -1.00 e. The van der Waals surface area contributed by atoms with Crippen molar-refractivity contribution in [3.05, 3.63) is 83.9 Å². The maximum Gasteiger partial charge on any atom is 0.134 e. The Hall–Kier alpha value is -1.73. The molecule has 0 heterocycles. The molecule has 0 saturated carbocycles. The van der Waals surface area contributed by atoms with Crippen molar-refractivity contribution in [1.29, 1.82) is 0 Å². The SMILES string of the molecule is CC(C)C([NH3+])CCC([NH3+])C[NH2+]Cc1cc(-c2ccc(F)cc2)cc(-c2ccc(F)cc2)c1.[Cl-].[Cl-].[Cl-]. The molecule has 0 aromatic heterocycles. The summed E-state index contributed by atoms with van der Waals surface area (Å²) in [6.45, 7) is 6.22. The third-order valence-electron chi connectivity index (χ3n) is 6.12. The van der Waals surface area contributed by atoms with E-state index in [1.165, 1.54) is 29.8 Å². The minimum atomic E-state index is -0.250. The van der Waals surface area contributed by atoms with Crippen LogP contribution in [0.25, 0.3) is 22.3 Å². The van der Waals surface area contributed by atoms with Gasteiger partial charge in [0.05, 0.1) is 6.04 Å². The Balaban J connectivity index is 0.00000385. The van der Waals surface area contributed by atoms with Crippen molar-refractivity contribution in [2.45, 2.75) is 45.3 Å². The van der Waals surface area contributed by atoms with Crippen LogP contribution in [-0.2, 0) is 6.54 Å². The van der Waals surface area contributed by atoms with Crippen LogP contribution < -0.4 is 54.0 Å². The second-order valence-electron chi connectivity index (χ2n) is 9.11. The van der Waals surface area contributed by atoms with Gasteiger partial charge in [-0.3, -0.25) is 0 Å². The lowest BCUT2D eigenvalue weighted by Gasteiger charge is -2.14. The zero-order valence-corrected chi connectivity index (χ0v) is 22.6. The molecule has 2 unspecified atom stereocenters. The van der Waals surface area contributed by atoms with Gasteiger partial charge in [-0.25, -0.2) is 8.78 Å². The number of quaternary nitrogens is 3. The minimum absolute atomic E-state index is 0. The third kappa shape index (κ3) is 10.4. The first-order valence-electron chi connectivity index (χ1n) is 11.5. The van der Waals surface area contributed by atoms with Crippen LogP contribution >= 0.6 is 0 Å². The normalized spacial score (nSPS) is 12.2. The number of rotatable bonds is 10. The van der Waals surface area contributed by atoms with Crippen molar-refractivity contribution in [2.75, 3.05) is 6.54 Å². The Morgan fingerprint density at radius 3 is 1.57 bits per heavy atom. The van der Waals surface area contributed by atoms with Gasteiger partial charge in [0, 0.05) is 24.3 Å². The first kappa shape index (κ1) is 33.3. The Bertz CT molecular complexity index is 936. The third-order valence-corrected chi connectivity index (χ3v) is 6.12. The summed E-state index contributed by atoms with van der Waals surface area (Å²) in [7, 11) is 0. The lowest BCUT2D eigenvalue weighted by Crippen LogP contribution is -3.00. The highest BCUT2D eigenvalue weighted by Crippen LogP contribution is 2.28. The molecule has 0 saturated heterocycles. The summed E-state index contributed by atoms with van der Waals surface area (Å²) in [5.74, 6) is 0.103. The monoisotopic (exact) mass is 545 g/mol. The Labute approximate surface area is 226 Å².